The van der Waals surface area contributed by atoms with E-state index >= 15 is 0 Å². The Kier molecular flexibility index (Phi) is 10.7. The van der Waals surface area contributed by atoms with Crippen molar-refractivity contribution in [3.63, 3.8) is 0 Å². The van der Waals surface area contributed by atoms with E-state index < -0.39 is 0 Å². The van der Waals surface area contributed by atoms with Crippen LogP contribution >= 0.6 is 0 Å². The Hall–Kier alpha value is -0.790. The lowest BCUT2D eigenvalue weighted by Crippen LogP contribution is -2.13. The van der Waals surface area contributed by atoms with Gasteiger partial charge in [-0.2, -0.15) is 0 Å². The predicted octanol–water partition coefficient (Wildman–Crippen LogP) is 3.43. The van der Waals surface area contributed by atoms with Gasteiger partial charge in [0.25, 0.3) is 0 Å². The maximum absolute atomic E-state index is 10.8. The van der Waals surface area contributed by atoms with Gasteiger partial charge in [0.1, 0.15) is 0 Å². The first kappa shape index (κ1) is 14.2. The number of unbranched alkanes of at least 4 members (excludes halogenated alkanes) is 7. The molecule has 0 heterocycles. The quantitative estimate of drug-likeness (QED) is 0.459. The second kappa shape index (κ2) is 11.3. The van der Waals surface area contributed by atoms with Gasteiger partial charge < -0.3 is 5.32 Å². The smallest absolute Gasteiger partial charge is 0.243 e. The van der Waals surface area contributed by atoms with Gasteiger partial charge in [0.2, 0.25) is 5.91 Å². The Balaban J connectivity index is 3.11. The molecule has 1 amide bonds. The highest BCUT2D eigenvalue weighted by molar-refractivity contribution is 5.87. The van der Waals surface area contributed by atoms with E-state index in [1.165, 1.54) is 44.9 Å². The largest absolute Gasteiger partial charge is 0.356 e. The van der Waals surface area contributed by atoms with Crippen molar-refractivity contribution in [3.8, 4) is 0 Å². The van der Waals surface area contributed by atoms with Crippen LogP contribution in [0.25, 0.3) is 0 Å². The molecule has 0 spiro atoms. The highest BCUT2D eigenvalue weighted by atomic mass is 16.1. The summed E-state index contributed by atoms with van der Waals surface area (Å²) >= 11 is 0. The molecule has 0 aliphatic carbocycles. The number of rotatable bonds is 9. The number of amides is 1. The maximum Gasteiger partial charge on any atom is 0.243 e. The van der Waals surface area contributed by atoms with Gasteiger partial charge in [0, 0.05) is 7.05 Å². The number of carbonyl (C=O) groups excluding carboxylic acids is 1. The van der Waals surface area contributed by atoms with Crippen molar-refractivity contribution in [2.75, 3.05) is 7.05 Å². The average Bonchev–Trinajstić information content (AvgIpc) is 2.26. The number of likely N-dealkylation sites (N-methyl/N-ethyl adjacent to an activating group) is 1. The molecule has 0 rings (SSSR count). The zero-order valence-electron chi connectivity index (χ0n) is 10.2. The summed E-state index contributed by atoms with van der Waals surface area (Å²) < 4.78 is 0. The fraction of sp³-hybridized carbons (Fsp3) is 0.769. The van der Waals surface area contributed by atoms with Crippen molar-refractivity contribution in [1.82, 2.24) is 5.32 Å². The molecule has 0 saturated heterocycles. The molecule has 0 aromatic rings. The summed E-state index contributed by atoms with van der Waals surface area (Å²) in [5.41, 5.74) is 0. The lowest BCUT2D eigenvalue weighted by molar-refractivity contribution is -0.116. The van der Waals surface area contributed by atoms with Gasteiger partial charge in [-0.25, -0.2) is 0 Å². The number of hydrogen-bond acceptors (Lipinski definition) is 1. The molecule has 2 nitrogen and oxygen atoms in total. The molecule has 0 aliphatic heterocycles. The minimum atomic E-state index is -0.00190. The predicted molar refractivity (Wildman–Crippen MR) is 65.8 cm³/mol. The molecule has 0 fully saturated rings. The Labute approximate surface area is 94.1 Å². The SMILES string of the molecule is CCCCCCCCC/C=C/C(=O)NC. The molecule has 0 aliphatic rings. The summed E-state index contributed by atoms with van der Waals surface area (Å²) in [4.78, 5) is 10.8. The van der Waals surface area contributed by atoms with E-state index in [0.29, 0.717) is 0 Å². The summed E-state index contributed by atoms with van der Waals surface area (Å²) in [6.07, 6.45) is 13.9. The number of carbonyl (C=O) groups is 1. The van der Waals surface area contributed by atoms with Gasteiger partial charge in [0.05, 0.1) is 0 Å². The highest BCUT2D eigenvalue weighted by Gasteiger charge is 1.90. The molecular formula is C13H25NO. The van der Waals surface area contributed by atoms with Crippen LogP contribution in [0.1, 0.15) is 58.3 Å². The minimum Gasteiger partial charge on any atom is -0.356 e. The number of nitrogens with one attached hydrogen (secondary N) is 1. The molecule has 0 bridgehead atoms. The highest BCUT2D eigenvalue weighted by Crippen LogP contribution is 2.08. The van der Waals surface area contributed by atoms with Crippen LogP contribution in [0.15, 0.2) is 12.2 Å². The Morgan fingerprint density at radius 1 is 1.07 bits per heavy atom. The summed E-state index contributed by atoms with van der Waals surface area (Å²) in [5, 5.41) is 2.56. The summed E-state index contributed by atoms with van der Waals surface area (Å²) in [6.45, 7) is 2.24. The van der Waals surface area contributed by atoms with E-state index in [2.05, 4.69) is 12.2 Å². The van der Waals surface area contributed by atoms with Crippen LogP contribution in [0.4, 0.5) is 0 Å². The zero-order valence-corrected chi connectivity index (χ0v) is 10.2. The normalized spacial score (nSPS) is 10.8. The summed E-state index contributed by atoms with van der Waals surface area (Å²) in [7, 11) is 1.65. The fourth-order valence-electron chi connectivity index (χ4n) is 1.49. The Morgan fingerprint density at radius 2 is 1.67 bits per heavy atom. The van der Waals surface area contributed by atoms with Gasteiger partial charge >= 0.3 is 0 Å². The molecule has 0 saturated carbocycles. The molecule has 2 heteroatoms. The van der Waals surface area contributed by atoms with Crippen molar-refractivity contribution >= 4 is 5.91 Å². The monoisotopic (exact) mass is 211 g/mol. The third-order valence-electron chi connectivity index (χ3n) is 2.49. The van der Waals surface area contributed by atoms with Crippen LogP contribution in [0.2, 0.25) is 0 Å². The van der Waals surface area contributed by atoms with Gasteiger partial charge in [-0.3, -0.25) is 4.79 Å². The van der Waals surface area contributed by atoms with Crippen molar-refractivity contribution in [3.05, 3.63) is 12.2 Å². The Morgan fingerprint density at radius 3 is 2.27 bits per heavy atom. The van der Waals surface area contributed by atoms with Gasteiger partial charge in [-0.15, -0.1) is 0 Å². The van der Waals surface area contributed by atoms with E-state index in [4.69, 9.17) is 0 Å². The van der Waals surface area contributed by atoms with Gasteiger partial charge in [0.15, 0.2) is 0 Å². The second-order valence-corrected chi connectivity index (χ2v) is 3.93. The van der Waals surface area contributed by atoms with Crippen LogP contribution in [0, 0.1) is 0 Å². The summed E-state index contributed by atoms with van der Waals surface area (Å²) in [6, 6.07) is 0. The molecular weight excluding hydrogens is 186 g/mol. The first-order valence-corrected chi connectivity index (χ1v) is 6.19. The van der Waals surface area contributed by atoms with Crippen LogP contribution in [-0.4, -0.2) is 13.0 Å². The molecule has 0 atom stereocenters. The molecule has 0 unspecified atom stereocenters. The molecule has 0 aromatic heterocycles. The van der Waals surface area contributed by atoms with Crippen molar-refractivity contribution in [1.29, 1.82) is 0 Å². The minimum absolute atomic E-state index is 0.00190. The first-order valence-electron chi connectivity index (χ1n) is 6.19. The molecule has 15 heavy (non-hydrogen) atoms. The van der Waals surface area contributed by atoms with Crippen LogP contribution in [0.5, 0.6) is 0 Å². The van der Waals surface area contributed by atoms with E-state index in [1.807, 2.05) is 6.08 Å². The van der Waals surface area contributed by atoms with E-state index in [0.717, 1.165) is 6.42 Å². The summed E-state index contributed by atoms with van der Waals surface area (Å²) in [5.74, 6) is -0.00190. The third kappa shape index (κ3) is 11.1. The lowest BCUT2D eigenvalue weighted by atomic mass is 10.1. The van der Waals surface area contributed by atoms with Gasteiger partial charge in [-0.1, -0.05) is 51.5 Å². The fourth-order valence-corrected chi connectivity index (χ4v) is 1.49. The molecule has 0 radical (unpaired) electrons. The average molecular weight is 211 g/mol. The first-order chi connectivity index (χ1) is 7.31. The zero-order chi connectivity index (χ0) is 11.4. The van der Waals surface area contributed by atoms with E-state index in [-0.39, 0.29) is 5.91 Å². The van der Waals surface area contributed by atoms with Crippen LogP contribution < -0.4 is 5.32 Å². The molecule has 1 N–H and O–H groups in total. The molecule has 0 aromatic carbocycles. The van der Waals surface area contributed by atoms with E-state index in [1.54, 1.807) is 13.1 Å². The van der Waals surface area contributed by atoms with Crippen molar-refractivity contribution in [2.45, 2.75) is 58.3 Å². The topological polar surface area (TPSA) is 29.1 Å². The van der Waals surface area contributed by atoms with Crippen LogP contribution in [0.3, 0.4) is 0 Å². The Bertz CT molecular complexity index is 175. The van der Waals surface area contributed by atoms with Crippen molar-refractivity contribution in [2.24, 2.45) is 0 Å². The number of hydrogen-bond donors (Lipinski definition) is 1. The second-order valence-electron chi connectivity index (χ2n) is 3.93. The van der Waals surface area contributed by atoms with Crippen molar-refractivity contribution < 1.29 is 4.79 Å². The third-order valence-corrected chi connectivity index (χ3v) is 2.49. The lowest BCUT2D eigenvalue weighted by Gasteiger charge is -1.98. The maximum atomic E-state index is 10.8. The number of allylic oxidation sites excluding steroid dienone is 1. The molecule has 88 valence electrons. The van der Waals surface area contributed by atoms with E-state index in [9.17, 15) is 4.79 Å². The van der Waals surface area contributed by atoms with Gasteiger partial charge in [-0.05, 0) is 18.9 Å². The standard InChI is InChI=1S/C13H25NO/c1-3-4-5-6-7-8-9-10-11-12-13(15)14-2/h11-12H,3-10H2,1-2H3,(H,14,15)/b12-11+. The van der Waals surface area contributed by atoms with Crippen LogP contribution in [-0.2, 0) is 4.79 Å².